The second-order valence-electron chi connectivity index (χ2n) is 27.0. The first kappa shape index (κ1) is 104. The molecule has 0 bridgehead atoms. The molecule has 3 N–H and O–H groups in total. The Hall–Kier alpha value is -6.10. The smallest absolute Gasteiger partial charge is 0.462 e. The van der Waals surface area contributed by atoms with Crippen LogP contribution in [0.15, 0.2) is 194 Å². The van der Waals surface area contributed by atoms with Gasteiger partial charge in [0.05, 0.1) is 26.4 Å². The summed E-state index contributed by atoms with van der Waals surface area (Å²) in [7, 11) is -10.0. The van der Waals surface area contributed by atoms with Gasteiger partial charge < -0.3 is 33.8 Å². The van der Waals surface area contributed by atoms with E-state index in [1.54, 1.807) is 0 Å². The largest absolute Gasteiger partial charge is 0.472 e. The predicted octanol–water partition coefficient (Wildman–Crippen LogP) is 24.9. The van der Waals surface area contributed by atoms with E-state index in [4.69, 9.17) is 37.0 Å². The Morgan fingerprint density at radius 3 is 0.836 bits per heavy atom. The third kappa shape index (κ3) is 80.0. The molecule has 110 heavy (non-hydrogen) atoms. The van der Waals surface area contributed by atoms with Gasteiger partial charge in [0.2, 0.25) is 0 Å². The highest BCUT2D eigenvalue weighted by molar-refractivity contribution is 7.47. The van der Waals surface area contributed by atoms with Gasteiger partial charge in [0, 0.05) is 25.7 Å². The summed E-state index contributed by atoms with van der Waals surface area (Å²) < 4.78 is 68.5. The lowest BCUT2D eigenvalue weighted by Gasteiger charge is -2.21. The lowest BCUT2D eigenvalue weighted by Crippen LogP contribution is -2.30. The van der Waals surface area contributed by atoms with E-state index in [0.717, 1.165) is 141 Å². The summed E-state index contributed by atoms with van der Waals surface area (Å²) in [5.41, 5.74) is 0. The van der Waals surface area contributed by atoms with Gasteiger partial charge in [-0.2, -0.15) is 0 Å². The maximum absolute atomic E-state index is 13.1. The molecule has 0 spiro atoms. The molecule has 0 saturated heterocycles. The van der Waals surface area contributed by atoms with Crippen LogP contribution in [0.5, 0.6) is 0 Å². The molecule has 0 fully saturated rings. The van der Waals surface area contributed by atoms with Gasteiger partial charge in [0.15, 0.2) is 12.2 Å². The van der Waals surface area contributed by atoms with Gasteiger partial charge in [0.25, 0.3) is 0 Å². The van der Waals surface area contributed by atoms with Crippen LogP contribution < -0.4 is 0 Å². The molecule has 0 aliphatic carbocycles. The number of phosphoric acid groups is 2. The molecular formula is C91H146O17P2. The van der Waals surface area contributed by atoms with Crippen LogP contribution in [0.4, 0.5) is 0 Å². The Bertz CT molecular complexity index is 2850. The lowest BCUT2D eigenvalue weighted by atomic mass is 10.1. The first-order chi connectivity index (χ1) is 53.7. The van der Waals surface area contributed by atoms with Crippen molar-refractivity contribution < 1.29 is 80.2 Å². The van der Waals surface area contributed by atoms with Crippen molar-refractivity contribution in [3.63, 3.8) is 0 Å². The summed E-state index contributed by atoms with van der Waals surface area (Å²) in [5, 5.41) is 10.7. The third-order valence-electron chi connectivity index (χ3n) is 16.5. The van der Waals surface area contributed by atoms with Gasteiger partial charge in [-0.15, -0.1) is 0 Å². The summed E-state index contributed by atoms with van der Waals surface area (Å²) in [6, 6.07) is 0. The average molecular weight is 1570 g/mol. The molecule has 0 aromatic carbocycles. The fraction of sp³-hybridized carbons (Fsp3) is 0.604. The molecule has 0 aromatic rings. The number of ether oxygens (including phenoxy) is 4. The lowest BCUT2D eigenvalue weighted by molar-refractivity contribution is -0.161. The molecule has 19 heteroatoms. The van der Waals surface area contributed by atoms with Gasteiger partial charge in [0.1, 0.15) is 19.3 Å². The van der Waals surface area contributed by atoms with E-state index in [9.17, 15) is 43.2 Å². The zero-order valence-corrected chi connectivity index (χ0v) is 69.9. The van der Waals surface area contributed by atoms with Crippen molar-refractivity contribution in [2.24, 2.45) is 0 Å². The van der Waals surface area contributed by atoms with Crippen LogP contribution in [0, 0.1) is 0 Å². The minimum atomic E-state index is -5.02. The van der Waals surface area contributed by atoms with Gasteiger partial charge >= 0.3 is 39.5 Å². The fourth-order valence-electron chi connectivity index (χ4n) is 10.2. The first-order valence-electron chi connectivity index (χ1n) is 41.7. The highest BCUT2D eigenvalue weighted by atomic mass is 31.2. The zero-order chi connectivity index (χ0) is 80.3. The number of allylic oxidation sites excluding steroid dienone is 32. The van der Waals surface area contributed by atoms with E-state index in [2.05, 4.69) is 186 Å². The highest BCUT2D eigenvalue weighted by Crippen LogP contribution is 2.45. The molecule has 0 saturated carbocycles. The normalized spacial score (nSPS) is 14.8. The number of carbonyl (C=O) groups excluding carboxylic acids is 4. The summed E-state index contributed by atoms with van der Waals surface area (Å²) in [6.45, 7) is 4.45. The van der Waals surface area contributed by atoms with Crippen molar-refractivity contribution in [3.05, 3.63) is 194 Å². The molecule has 0 rings (SSSR count). The number of carbonyl (C=O) groups is 4. The van der Waals surface area contributed by atoms with Gasteiger partial charge in [-0.1, -0.05) is 293 Å². The van der Waals surface area contributed by atoms with Gasteiger partial charge in [-0.3, -0.25) is 37.3 Å². The van der Waals surface area contributed by atoms with Gasteiger partial charge in [-0.25, -0.2) is 9.13 Å². The van der Waals surface area contributed by atoms with Crippen LogP contribution in [-0.4, -0.2) is 96.7 Å². The number of unbranched alkanes of at least 4 members (excludes halogenated alkanes) is 18. The van der Waals surface area contributed by atoms with Crippen LogP contribution in [-0.2, 0) is 65.4 Å². The summed E-state index contributed by atoms with van der Waals surface area (Å²) in [5.74, 6) is -2.43. The summed E-state index contributed by atoms with van der Waals surface area (Å²) >= 11 is 0. The van der Waals surface area contributed by atoms with Crippen molar-refractivity contribution in [1.29, 1.82) is 0 Å². The Morgan fingerprint density at radius 1 is 0.264 bits per heavy atom. The molecule has 0 amide bonds. The van der Waals surface area contributed by atoms with Crippen LogP contribution in [0.3, 0.4) is 0 Å². The van der Waals surface area contributed by atoms with Crippen LogP contribution >= 0.6 is 15.6 Å². The summed E-state index contributed by atoms with van der Waals surface area (Å²) in [4.78, 5) is 73.1. The number of hydrogen-bond donors (Lipinski definition) is 3. The molecule has 5 atom stereocenters. The number of hydrogen-bond acceptors (Lipinski definition) is 15. The van der Waals surface area contributed by atoms with E-state index < -0.39 is 97.5 Å². The molecule has 17 nitrogen and oxygen atoms in total. The Morgan fingerprint density at radius 2 is 0.491 bits per heavy atom. The molecule has 0 aliphatic rings. The van der Waals surface area contributed by atoms with E-state index in [1.165, 1.54) is 64.2 Å². The van der Waals surface area contributed by atoms with Gasteiger partial charge in [-0.05, 0) is 173 Å². The average Bonchev–Trinajstić information content (AvgIpc) is 0.905. The van der Waals surface area contributed by atoms with Crippen molar-refractivity contribution in [2.45, 2.75) is 316 Å². The maximum Gasteiger partial charge on any atom is 0.472 e. The minimum absolute atomic E-state index is 0.0206. The molecule has 622 valence electrons. The molecular weight excluding hydrogens is 1430 g/mol. The fourth-order valence-corrected chi connectivity index (χ4v) is 11.8. The minimum Gasteiger partial charge on any atom is -0.462 e. The topological polar surface area (TPSA) is 237 Å². The van der Waals surface area contributed by atoms with Crippen LogP contribution in [0.25, 0.3) is 0 Å². The van der Waals surface area contributed by atoms with Crippen molar-refractivity contribution in [2.75, 3.05) is 39.6 Å². The maximum atomic E-state index is 13.1. The molecule has 2 unspecified atom stereocenters. The number of rotatable bonds is 76. The van der Waals surface area contributed by atoms with E-state index in [1.807, 2.05) is 36.5 Å². The van der Waals surface area contributed by atoms with E-state index >= 15 is 0 Å². The second kappa shape index (κ2) is 80.9. The SMILES string of the molecule is CC/C=C\C/C=C\C/C=C\C/C=C\C/C=C\CCCCCC(=O)O[C@H](COC(=O)CC/C=C\C/C=C\C/C=C\C/C=C\C/C=C\CCCCC)COP(=O)(O)OC[C@@H](O)COP(=O)(O)OC[C@@H](COC(=O)CCCCCCC/C=C\CCCCCC)OC(=O)CC/C=C\C/C=C\C/C=C\C/C=C\C/C=C\CCCCC. The first-order valence-corrected chi connectivity index (χ1v) is 44.7. The number of phosphoric ester groups is 2. The molecule has 0 radical (unpaired) electrons. The Labute approximate surface area is 666 Å². The quantitative estimate of drug-likeness (QED) is 0.0169. The number of aliphatic hydroxyl groups excluding tert-OH is 1. The van der Waals surface area contributed by atoms with Crippen molar-refractivity contribution in [1.82, 2.24) is 0 Å². The zero-order valence-electron chi connectivity index (χ0n) is 68.1. The van der Waals surface area contributed by atoms with Crippen LogP contribution in [0.2, 0.25) is 0 Å². The second-order valence-corrected chi connectivity index (χ2v) is 29.9. The Balaban J connectivity index is 5.57. The highest BCUT2D eigenvalue weighted by Gasteiger charge is 2.30. The molecule has 0 aliphatic heterocycles. The third-order valence-corrected chi connectivity index (χ3v) is 18.4. The van der Waals surface area contributed by atoms with Crippen LogP contribution in [0.1, 0.15) is 297 Å². The van der Waals surface area contributed by atoms with Crippen molar-refractivity contribution >= 4 is 39.5 Å². The van der Waals surface area contributed by atoms with Crippen molar-refractivity contribution in [3.8, 4) is 0 Å². The summed E-state index contributed by atoms with van der Waals surface area (Å²) in [6.07, 6.45) is 100. The number of esters is 4. The number of aliphatic hydroxyl groups is 1. The standard InChI is InChI=1S/C91H146O17P2/c1-5-9-13-17-21-25-29-33-36-39-42-45-48-52-56-60-64-68-72-76-89(94)102-82-87(108-91(96)78-74-70-66-62-58-54-50-47-44-41-38-35-31-27-23-19-15-11-7-3)84-106-110(99,100)104-80-85(92)79-103-109(97,98)105-83-86(81-101-88(93)75-71-67-63-59-55-51-32-28-24-20-16-12-8-4)107-90(95)77-73-69-65-61-57-53-49-46-43-40-37-34-30-26-22-18-14-10-6-2/h11,15,21-23,25-28,32-38,42-47,52-54,56-58,64-65,68-69,85-87,92H,5-10,12-14,16-20,24,29-31,39-41,48-51,55,59-63,66-67,70-84H2,1-4H3,(H,97,98)(H,99,100)/b15-11-,25-21-,26-22-,27-23-,32-28-,36-33-,37-34-,38-35-,45-42-,46-43-,47-44-,56-52-,57-53-,58-54-,68-64-,69-65-/t85-,86+,87+/m0/s1. The molecule has 0 aromatic heterocycles. The van der Waals surface area contributed by atoms with E-state index in [-0.39, 0.29) is 25.7 Å². The van der Waals surface area contributed by atoms with E-state index in [0.29, 0.717) is 38.5 Å². The molecule has 0 heterocycles. The Kier molecular flexibility index (Phi) is 76.4. The monoisotopic (exact) mass is 1570 g/mol. The predicted molar refractivity (Wildman–Crippen MR) is 454 cm³/mol.